The van der Waals surface area contributed by atoms with Crippen LogP contribution in [0.4, 0.5) is 13.2 Å². The van der Waals surface area contributed by atoms with E-state index in [1.807, 2.05) is 0 Å². The third-order valence-electron chi connectivity index (χ3n) is 3.13. The highest BCUT2D eigenvalue weighted by molar-refractivity contribution is 6.32. The third kappa shape index (κ3) is 2.32. The Hall–Kier alpha value is -1.56. The Morgan fingerprint density at radius 3 is 2.21 bits per heavy atom. The summed E-state index contributed by atoms with van der Waals surface area (Å²) in [6, 6.07) is 2.52. The molecule has 19 heavy (non-hydrogen) atoms. The summed E-state index contributed by atoms with van der Waals surface area (Å²) >= 11 is 5.49. The van der Waals surface area contributed by atoms with E-state index in [-0.39, 0.29) is 18.4 Å². The number of hydrogen-bond acceptors (Lipinski definition) is 2. The van der Waals surface area contributed by atoms with Gasteiger partial charge in [-0.2, -0.15) is 13.2 Å². The molecule has 0 aliphatic heterocycles. The molecule has 0 saturated heterocycles. The minimum Gasteiger partial charge on any atom is -0.480 e. The molecule has 0 aromatic heterocycles. The van der Waals surface area contributed by atoms with Crippen molar-refractivity contribution in [2.75, 3.05) is 0 Å². The molecule has 1 aliphatic rings. The number of hydrogen-bond donors (Lipinski definition) is 1. The summed E-state index contributed by atoms with van der Waals surface area (Å²) in [7, 11) is 0. The van der Waals surface area contributed by atoms with Crippen LogP contribution in [0.15, 0.2) is 18.2 Å². The number of Topliss-reactive ketones (excluding diaryl/α,β-unsaturated/α-hetero) is 1. The highest BCUT2D eigenvalue weighted by Gasteiger charge is 2.57. The smallest absolute Gasteiger partial charge is 0.417 e. The molecule has 1 aromatic rings. The van der Waals surface area contributed by atoms with E-state index >= 15 is 0 Å². The Labute approximate surface area is 111 Å². The average molecular weight is 293 g/mol. The molecule has 0 heterocycles. The lowest BCUT2D eigenvalue weighted by atomic mass is 9.94. The van der Waals surface area contributed by atoms with Crippen molar-refractivity contribution < 1.29 is 27.9 Å². The fourth-order valence-corrected chi connectivity index (χ4v) is 2.11. The standard InChI is InChI=1S/C12H8ClF3O3/c13-8-5-6(1-2-7(8)12(14,15)16)9(17)11(3-4-11)10(18)19/h1-2,5H,3-4H2,(H,18,19). The van der Waals surface area contributed by atoms with E-state index in [0.717, 1.165) is 12.1 Å². The highest BCUT2D eigenvalue weighted by Crippen LogP contribution is 2.49. The molecule has 102 valence electrons. The summed E-state index contributed by atoms with van der Waals surface area (Å²) in [6.45, 7) is 0. The lowest BCUT2D eigenvalue weighted by Crippen LogP contribution is -2.25. The second-order valence-electron chi connectivity index (χ2n) is 4.41. The van der Waals surface area contributed by atoms with E-state index in [1.54, 1.807) is 0 Å². The molecule has 0 spiro atoms. The van der Waals surface area contributed by atoms with Crippen molar-refractivity contribution in [3.05, 3.63) is 34.3 Å². The molecular formula is C12H8ClF3O3. The molecule has 1 N–H and O–H groups in total. The van der Waals surface area contributed by atoms with Crippen LogP contribution < -0.4 is 0 Å². The molecule has 1 aliphatic carbocycles. The molecule has 0 amide bonds. The lowest BCUT2D eigenvalue weighted by Gasteiger charge is -2.12. The van der Waals surface area contributed by atoms with Gasteiger partial charge in [-0.15, -0.1) is 0 Å². The normalized spacial score (nSPS) is 17.1. The minimum absolute atomic E-state index is 0.113. The van der Waals surface area contributed by atoms with E-state index in [1.165, 1.54) is 0 Å². The van der Waals surface area contributed by atoms with Crippen LogP contribution in [0.1, 0.15) is 28.8 Å². The van der Waals surface area contributed by atoms with Gasteiger partial charge in [0.1, 0.15) is 5.41 Å². The number of halogens is 4. The molecule has 0 unspecified atom stereocenters. The Morgan fingerprint density at radius 1 is 1.26 bits per heavy atom. The first-order chi connectivity index (χ1) is 8.68. The Balaban J connectivity index is 2.36. The van der Waals surface area contributed by atoms with Gasteiger partial charge in [0.2, 0.25) is 0 Å². The molecule has 3 nitrogen and oxygen atoms in total. The van der Waals surface area contributed by atoms with Gasteiger partial charge >= 0.3 is 12.1 Å². The zero-order valence-electron chi connectivity index (χ0n) is 9.42. The van der Waals surface area contributed by atoms with E-state index in [0.29, 0.717) is 6.07 Å². The number of alkyl halides is 3. The van der Waals surface area contributed by atoms with Crippen molar-refractivity contribution in [3.8, 4) is 0 Å². The summed E-state index contributed by atoms with van der Waals surface area (Å²) in [5.41, 5.74) is -2.65. The first kappa shape index (κ1) is 13.9. The number of aliphatic carboxylic acids is 1. The second-order valence-corrected chi connectivity index (χ2v) is 4.82. The molecule has 7 heteroatoms. The Morgan fingerprint density at radius 2 is 1.84 bits per heavy atom. The van der Waals surface area contributed by atoms with Crippen molar-refractivity contribution in [2.24, 2.45) is 5.41 Å². The van der Waals surface area contributed by atoms with Gasteiger partial charge in [-0.25, -0.2) is 0 Å². The lowest BCUT2D eigenvalue weighted by molar-refractivity contribution is -0.141. The molecule has 2 rings (SSSR count). The molecule has 0 atom stereocenters. The van der Waals surface area contributed by atoms with E-state index in [4.69, 9.17) is 16.7 Å². The molecular weight excluding hydrogens is 285 g/mol. The number of carboxylic acids is 1. The number of benzene rings is 1. The number of carboxylic acid groups (broad SMARTS) is 1. The van der Waals surface area contributed by atoms with E-state index in [9.17, 15) is 22.8 Å². The zero-order chi connectivity index (χ0) is 14.4. The van der Waals surface area contributed by atoms with Crippen LogP contribution >= 0.6 is 11.6 Å². The van der Waals surface area contributed by atoms with Crippen molar-refractivity contribution in [1.29, 1.82) is 0 Å². The number of carbonyl (C=O) groups excluding carboxylic acids is 1. The number of carbonyl (C=O) groups is 2. The van der Waals surface area contributed by atoms with Crippen LogP contribution in [-0.4, -0.2) is 16.9 Å². The minimum atomic E-state index is -4.61. The summed E-state index contributed by atoms with van der Waals surface area (Å²) < 4.78 is 37.5. The fraction of sp³-hybridized carbons (Fsp3) is 0.333. The summed E-state index contributed by atoms with van der Waals surface area (Å²) in [5.74, 6) is -1.95. The average Bonchev–Trinajstić information content (AvgIpc) is 3.07. The maximum absolute atomic E-state index is 12.5. The number of ketones is 1. The largest absolute Gasteiger partial charge is 0.480 e. The van der Waals surface area contributed by atoms with Gasteiger partial charge in [-0.3, -0.25) is 9.59 Å². The van der Waals surface area contributed by atoms with Crippen LogP contribution in [0.2, 0.25) is 5.02 Å². The first-order valence-corrected chi connectivity index (χ1v) is 5.71. The third-order valence-corrected chi connectivity index (χ3v) is 3.44. The van der Waals surface area contributed by atoms with Gasteiger partial charge in [-0.1, -0.05) is 17.7 Å². The van der Waals surface area contributed by atoms with Gasteiger partial charge in [-0.05, 0) is 25.0 Å². The summed E-state index contributed by atoms with van der Waals surface area (Å²) in [4.78, 5) is 22.9. The van der Waals surface area contributed by atoms with Crippen molar-refractivity contribution in [1.82, 2.24) is 0 Å². The molecule has 1 fully saturated rings. The van der Waals surface area contributed by atoms with Crippen LogP contribution in [0.25, 0.3) is 0 Å². The van der Waals surface area contributed by atoms with Gasteiger partial charge < -0.3 is 5.11 Å². The maximum atomic E-state index is 12.5. The van der Waals surface area contributed by atoms with Gasteiger partial charge in [0.05, 0.1) is 10.6 Å². The summed E-state index contributed by atoms with van der Waals surface area (Å²) in [5, 5.41) is 8.34. The quantitative estimate of drug-likeness (QED) is 0.686. The van der Waals surface area contributed by atoms with Crippen molar-refractivity contribution in [2.45, 2.75) is 19.0 Å². The second kappa shape index (κ2) is 4.23. The first-order valence-electron chi connectivity index (χ1n) is 5.33. The Kier molecular flexibility index (Phi) is 3.09. The van der Waals surface area contributed by atoms with E-state index < -0.39 is 33.9 Å². The van der Waals surface area contributed by atoms with E-state index in [2.05, 4.69) is 0 Å². The Bertz CT molecular complexity index is 562. The van der Waals surface area contributed by atoms with Crippen molar-refractivity contribution in [3.63, 3.8) is 0 Å². The molecule has 0 radical (unpaired) electrons. The predicted octanol–water partition coefficient (Wildman–Crippen LogP) is 3.41. The molecule has 1 aromatic carbocycles. The zero-order valence-corrected chi connectivity index (χ0v) is 10.2. The van der Waals surface area contributed by atoms with Gasteiger partial charge in [0.25, 0.3) is 0 Å². The predicted molar refractivity (Wildman–Crippen MR) is 60.1 cm³/mol. The molecule has 0 bridgehead atoms. The monoisotopic (exact) mass is 292 g/mol. The molecule has 1 saturated carbocycles. The SMILES string of the molecule is O=C(O)C1(C(=O)c2ccc(C(F)(F)F)c(Cl)c2)CC1. The number of rotatable bonds is 3. The van der Waals surface area contributed by atoms with Gasteiger partial charge in [0.15, 0.2) is 5.78 Å². The van der Waals surface area contributed by atoms with Crippen LogP contribution in [0.3, 0.4) is 0 Å². The van der Waals surface area contributed by atoms with Crippen LogP contribution in [-0.2, 0) is 11.0 Å². The highest BCUT2D eigenvalue weighted by atomic mass is 35.5. The maximum Gasteiger partial charge on any atom is 0.417 e. The fourth-order valence-electron chi connectivity index (χ4n) is 1.83. The van der Waals surface area contributed by atoms with Crippen LogP contribution in [0, 0.1) is 5.41 Å². The van der Waals surface area contributed by atoms with Gasteiger partial charge in [0, 0.05) is 5.56 Å². The van der Waals surface area contributed by atoms with Crippen molar-refractivity contribution >= 4 is 23.4 Å². The van der Waals surface area contributed by atoms with Crippen LogP contribution in [0.5, 0.6) is 0 Å². The topological polar surface area (TPSA) is 54.4 Å². The summed E-state index contributed by atoms with van der Waals surface area (Å²) in [6.07, 6.45) is -4.22.